The second-order valence-electron chi connectivity index (χ2n) is 7.97. The SMILES string of the molecule is O=C(Nc1ccc2scnc2c1)[C@H]1CN(S(=O)(=O)c2ccc3c(c2)CCO3)C[C@@H]1C(F)(F)F. The number of nitrogens with one attached hydrogen (secondary N) is 1. The van der Waals surface area contributed by atoms with Crippen LogP contribution in [0.2, 0.25) is 0 Å². The van der Waals surface area contributed by atoms with Crippen LogP contribution < -0.4 is 10.1 Å². The van der Waals surface area contributed by atoms with Crippen LogP contribution in [0.5, 0.6) is 5.75 Å². The van der Waals surface area contributed by atoms with Gasteiger partial charge in [0.25, 0.3) is 0 Å². The van der Waals surface area contributed by atoms with Crippen molar-refractivity contribution in [2.75, 3.05) is 25.0 Å². The fourth-order valence-corrected chi connectivity index (χ4v) is 6.41. The molecule has 174 valence electrons. The molecule has 3 heterocycles. The molecule has 5 rings (SSSR count). The highest BCUT2D eigenvalue weighted by molar-refractivity contribution is 7.89. The summed E-state index contributed by atoms with van der Waals surface area (Å²) in [6, 6.07) is 9.12. The van der Waals surface area contributed by atoms with Gasteiger partial charge in [0, 0.05) is 25.2 Å². The van der Waals surface area contributed by atoms with Gasteiger partial charge < -0.3 is 10.1 Å². The Hall–Kier alpha value is -2.70. The third kappa shape index (κ3) is 4.06. The molecule has 7 nitrogen and oxygen atoms in total. The maximum Gasteiger partial charge on any atom is 0.393 e. The predicted molar refractivity (Wildman–Crippen MR) is 116 cm³/mol. The number of carbonyl (C=O) groups excluding carboxylic acids is 1. The molecule has 0 saturated carbocycles. The molecule has 0 unspecified atom stereocenters. The van der Waals surface area contributed by atoms with Gasteiger partial charge in [0.1, 0.15) is 5.75 Å². The van der Waals surface area contributed by atoms with Crippen molar-refractivity contribution in [3.63, 3.8) is 0 Å². The quantitative estimate of drug-likeness (QED) is 0.594. The van der Waals surface area contributed by atoms with Crippen molar-refractivity contribution in [2.24, 2.45) is 11.8 Å². The summed E-state index contributed by atoms with van der Waals surface area (Å²) in [5.74, 6) is -4.01. The summed E-state index contributed by atoms with van der Waals surface area (Å²) in [5.41, 5.74) is 3.23. The first-order chi connectivity index (χ1) is 15.6. The van der Waals surface area contributed by atoms with E-state index in [1.165, 1.54) is 29.5 Å². The van der Waals surface area contributed by atoms with Crippen molar-refractivity contribution in [3.8, 4) is 5.75 Å². The zero-order chi connectivity index (χ0) is 23.4. The lowest BCUT2D eigenvalue weighted by Gasteiger charge is -2.20. The summed E-state index contributed by atoms with van der Waals surface area (Å²) in [4.78, 5) is 16.9. The van der Waals surface area contributed by atoms with Gasteiger partial charge in [-0.2, -0.15) is 17.5 Å². The first-order valence-corrected chi connectivity index (χ1v) is 12.4. The summed E-state index contributed by atoms with van der Waals surface area (Å²) in [6.45, 7) is -0.957. The van der Waals surface area contributed by atoms with E-state index in [9.17, 15) is 26.4 Å². The number of nitrogens with zero attached hydrogens (tertiary/aromatic N) is 2. The number of ether oxygens (including phenoxy) is 1. The van der Waals surface area contributed by atoms with Crippen LogP contribution in [0.3, 0.4) is 0 Å². The molecular weight excluding hydrogens is 479 g/mol. The number of rotatable bonds is 4. The van der Waals surface area contributed by atoms with E-state index in [1.807, 2.05) is 0 Å². The Balaban J connectivity index is 1.40. The molecule has 1 N–H and O–H groups in total. The first kappa shape index (κ1) is 22.1. The van der Waals surface area contributed by atoms with E-state index >= 15 is 0 Å². The van der Waals surface area contributed by atoms with Crippen molar-refractivity contribution >= 4 is 43.2 Å². The summed E-state index contributed by atoms with van der Waals surface area (Å²) < 4.78 is 74.6. The number of anilines is 1. The smallest absolute Gasteiger partial charge is 0.393 e. The topological polar surface area (TPSA) is 88.6 Å². The maximum atomic E-state index is 13.8. The van der Waals surface area contributed by atoms with Gasteiger partial charge >= 0.3 is 6.18 Å². The van der Waals surface area contributed by atoms with Crippen molar-refractivity contribution in [2.45, 2.75) is 17.5 Å². The van der Waals surface area contributed by atoms with Gasteiger partial charge in [-0.05, 0) is 42.0 Å². The average molecular weight is 498 g/mol. The van der Waals surface area contributed by atoms with Crippen LogP contribution in [0.25, 0.3) is 10.2 Å². The minimum absolute atomic E-state index is 0.109. The van der Waals surface area contributed by atoms with Crippen LogP contribution in [0.1, 0.15) is 5.56 Å². The van der Waals surface area contributed by atoms with Crippen molar-refractivity contribution in [1.29, 1.82) is 0 Å². The Morgan fingerprint density at radius 3 is 2.79 bits per heavy atom. The van der Waals surface area contributed by atoms with Crippen LogP contribution in [0.4, 0.5) is 18.9 Å². The summed E-state index contributed by atoms with van der Waals surface area (Å²) in [5, 5.41) is 2.50. The number of halogens is 3. The normalized spacial score (nSPS) is 21.2. The molecule has 1 saturated heterocycles. The van der Waals surface area contributed by atoms with Crippen LogP contribution in [0.15, 0.2) is 46.8 Å². The van der Waals surface area contributed by atoms with Crippen LogP contribution >= 0.6 is 11.3 Å². The van der Waals surface area contributed by atoms with E-state index in [0.717, 1.165) is 9.01 Å². The Kier molecular flexibility index (Phi) is 5.33. The molecule has 2 aliphatic rings. The Bertz CT molecular complexity index is 1340. The number of alkyl halides is 3. The van der Waals surface area contributed by atoms with Crippen molar-refractivity contribution < 1.29 is 31.1 Å². The van der Waals surface area contributed by atoms with Crippen LogP contribution in [0, 0.1) is 11.8 Å². The summed E-state index contributed by atoms with van der Waals surface area (Å²) in [6.07, 6.45) is -4.21. The van der Waals surface area contributed by atoms with Crippen molar-refractivity contribution in [1.82, 2.24) is 9.29 Å². The van der Waals surface area contributed by atoms with Gasteiger partial charge in [0.05, 0.1) is 39.1 Å². The number of sulfonamides is 1. The van der Waals surface area contributed by atoms with E-state index < -0.39 is 47.0 Å². The molecule has 1 fully saturated rings. The maximum absolute atomic E-state index is 13.8. The third-order valence-electron chi connectivity index (χ3n) is 5.94. The number of benzene rings is 2. The molecule has 12 heteroatoms. The fraction of sp³-hybridized carbons (Fsp3) is 0.333. The zero-order valence-corrected chi connectivity index (χ0v) is 18.6. The third-order valence-corrected chi connectivity index (χ3v) is 8.58. The minimum atomic E-state index is -4.74. The number of aromatic nitrogens is 1. The van der Waals surface area contributed by atoms with E-state index in [-0.39, 0.29) is 4.90 Å². The van der Waals surface area contributed by atoms with Gasteiger partial charge in [-0.1, -0.05) is 0 Å². The molecule has 1 aromatic heterocycles. The Morgan fingerprint density at radius 2 is 2.00 bits per heavy atom. The minimum Gasteiger partial charge on any atom is -0.493 e. The number of thiazole rings is 1. The molecule has 0 aliphatic carbocycles. The van der Waals surface area contributed by atoms with Gasteiger partial charge in [-0.3, -0.25) is 4.79 Å². The molecule has 0 spiro atoms. The number of fused-ring (bicyclic) bond motifs is 2. The van der Waals surface area contributed by atoms with E-state index in [0.29, 0.717) is 35.5 Å². The molecule has 3 aromatic rings. The molecule has 2 atom stereocenters. The molecule has 2 aliphatic heterocycles. The number of hydrogen-bond donors (Lipinski definition) is 1. The largest absolute Gasteiger partial charge is 0.493 e. The second kappa shape index (κ2) is 7.96. The van der Waals surface area contributed by atoms with Gasteiger partial charge in [-0.25, -0.2) is 13.4 Å². The molecule has 2 aromatic carbocycles. The highest BCUT2D eigenvalue weighted by atomic mass is 32.2. The lowest BCUT2D eigenvalue weighted by Crippen LogP contribution is -2.36. The zero-order valence-electron chi connectivity index (χ0n) is 17.0. The van der Waals surface area contributed by atoms with Crippen LogP contribution in [-0.2, 0) is 21.2 Å². The summed E-state index contributed by atoms with van der Waals surface area (Å²) >= 11 is 1.40. The fourth-order valence-electron chi connectivity index (χ4n) is 4.20. The standard InChI is InChI=1S/C21H18F3N3O4S2/c22-21(23,24)16-10-27(33(29,30)14-2-3-18-12(7-14)5-6-31-18)9-15(16)20(28)26-13-1-4-19-17(8-13)25-11-32-19/h1-4,7-8,11,15-16H,5-6,9-10H2,(H,26,28)/t15-,16-/m0/s1. The van der Waals surface area contributed by atoms with Gasteiger partial charge in [-0.15, -0.1) is 11.3 Å². The highest BCUT2D eigenvalue weighted by Crippen LogP contribution is 2.40. The second-order valence-corrected chi connectivity index (χ2v) is 10.8. The summed E-state index contributed by atoms with van der Waals surface area (Å²) in [7, 11) is -4.22. The molecule has 0 bridgehead atoms. The lowest BCUT2D eigenvalue weighted by molar-refractivity contribution is -0.181. The molecule has 33 heavy (non-hydrogen) atoms. The van der Waals surface area contributed by atoms with Gasteiger partial charge in [0.15, 0.2) is 0 Å². The molecule has 1 amide bonds. The predicted octanol–water partition coefficient (Wildman–Crippen LogP) is 3.67. The number of hydrogen-bond acceptors (Lipinski definition) is 6. The highest BCUT2D eigenvalue weighted by Gasteiger charge is 2.54. The average Bonchev–Trinajstić information content (AvgIpc) is 3.50. The Morgan fingerprint density at radius 1 is 1.18 bits per heavy atom. The van der Waals surface area contributed by atoms with E-state index in [1.54, 1.807) is 23.7 Å². The Labute approximate surface area is 191 Å². The van der Waals surface area contributed by atoms with Crippen molar-refractivity contribution in [3.05, 3.63) is 47.5 Å². The lowest BCUT2D eigenvalue weighted by atomic mass is 9.94. The van der Waals surface area contributed by atoms with E-state index in [2.05, 4.69) is 10.3 Å². The number of carbonyl (C=O) groups is 1. The van der Waals surface area contributed by atoms with Gasteiger partial charge in [0.2, 0.25) is 15.9 Å². The van der Waals surface area contributed by atoms with Crippen LogP contribution in [-0.4, -0.2) is 49.5 Å². The molecular formula is C21H18F3N3O4S2. The molecule has 0 radical (unpaired) electrons. The monoisotopic (exact) mass is 497 g/mol. The van der Waals surface area contributed by atoms with E-state index in [4.69, 9.17) is 4.74 Å². The first-order valence-electron chi connectivity index (χ1n) is 10.1. The number of amides is 1.